The molecule has 0 aliphatic carbocycles. The van der Waals surface area contributed by atoms with E-state index < -0.39 is 0 Å². The van der Waals surface area contributed by atoms with Crippen LogP contribution in [0.4, 0.5) is 0 Å². The van der Waals surface area contributed by atoms with Gasteiger partial charge in [-0.1, -0.05) is 6.07 Å². The summed E-state index contributed by atoms with van der Waals surface area (Å²) in [5.41, 5.74) is 2.54. The Labute approximate surface area is 151 Å². The third-order valence-electron chi connectivity index (χ3n) is 5.14. The average molecular weight is 352 g/mol. The Morgan fingerprint density at radius 3 is 3.08 bits per heavy atom. The van der Waals surface area contributed by atoms with E-state index in [0.29, 0.717) is 11.3 Å². The number of rotatable bonds is 4. The molecule has 7 heteroatoms. The number of nitrogens with zero attached hydrogens (tertiary/aromatic N) is 3. The van der Waals surface area contributed by atoms with Crippen molar-refractivity contribution < 1.29 is 14.3 Å². The first-order valence-electron chi connectivity index (χ1n) is 8.69. The molecule has 1 aromatic heterocycles. The van der Waals surface area contributed by atoms with Crippen LogP contribution in [0.5, 0.6) is 5.75 Å². The van der Waals surface area contributed by atoms with Crippen molar-refractivity contribution in [2.45, 2.75) is 31.3 Å². The molecule has 4 rings (SSSR count). The molecule has 2 aliphatic heterocycles. The van der Waals surface area contributed by atoms with Crippen molar-refractivity contribution >= 4 is 11.8 Å². The summed E-state index contributed by atoms with van der Waals surface area (Å²) in [6.45, 7) is -0.0218. The van der Waals surface area contributed by atoms with E-state index in [-0.39, 0.29) is 30.4 Å². The summed E-state index contributed by atoms with van der Waals surface area (Å²) in [6.07, 6.45) is 5.99. The Kier molecular flexibility index (Phi) is 4.28. The standard InChI is InChI=1S/C19H20N4O3/c1-26-14-4-2-3-12(7-14)19(25)21-10-18(24)23-13-5-6-17(23)15-9-20-11-22-16(15)8-13/h2-4,7,9,11,13,17H,5-6,8,10H2,1H3,(H,21,25). The fraction of sp³-hybridized carbons (Fsp3) is 0.368. The van der Waals surface area contributed by atoms with Crippen LogP contribution in [-0.4, -0.2) is 46.4 Å². The van der Waals surface area contributed by atoms with Gasteiger partial charge in [-0.25, -0.2) is 9.97 Å². The number of aromatic nitrogens is 2. The molecule has 2 unspecified atom stereocenters. The number of methoxy groups -OCH3 is 1. The van der Waals surface area contributed by atoms with Gasteiger partial charge in [-0.2, -0.15) is 0 Å². The van der Waals surface area contributed by atoms with Crippen molar-refractivity contribution in [3.05, 3.63) is 53.6 Å². The summed E-state index contributed by atoms with van der Waals surface area (Å²) in [5.74, 6) is 0.253. The summed E-state index contributed by atoms with van der Waals surface area (Å²) in [6, 6.07) is 7.04. The van der Waals surface area contributed by atoms with E-state index in [9.17, 15) is 9.59 Å². The zero-order valence-electron chi connectivity index (χ0n) is 14.5. The number of amides is 2. The lowest BCUT2D eigenvalue weighted by Crippen LogP contribution is -2.46. The fourth-order valence-electron chi connectivity index (χ4n) is 3.92. The van der Waals surface area contributed by atoms with E-state index in [4.69, 9.17) is 4.74 Å². The van der Waals surface area contributed by atoms with Gasteiger partial charge >= 0.3 is 0 Å². The summed E-state index contributed by atoms with van der Waals surface area (Å²) in [4.78, 5) is 35.5. The Morgan fingerprint density at radius 1 is 1.35 bits per heavy atom. The van der Waals surface area contributed by atoms with Gasteiger partial charge in [0.15, 0.2) is 0 Å². The van der Waals surface area contributed by atoms with Crippen molar-refractivity contribution in [1.82, 2.24) is 20.2 Å². The normalized spacial score (nSPS) is 20.4. The highest BCUT2D eigenvalue weighted by Gasteiger charge is 2.43. The molecule has 0 radical (unpaired) electrons. The first kappa shape index (κ1) is 16.5. The van der Waals surface area contributed by atoms with Crippen LogP contribution >= 0.6 is 0 Å². The summed E-state index contributed by atoms with van der Waals surface area (Å²) < 4.78 is 5.13. The predicted octanol–water partition coefficient (Wildman–Crippen LogP) is 1.50. The van der Waals surface area contributed by atoms with Crippen LogP contribution in [0.2, 0.25) is 0 Å². The first-order valence-corrected chi connectivity index (χ1v) is 8.69. The topological polar surface area (TPSA) is 84.4 Å². The molecule has 7 nitrogen and oxygen atoms in total. The van der Waals surface area contributed by atoms with Crippen LogP contribution in [0.15, 0.2) is 36.8 Å². The number of fused-ring (bicyclic) bond motifs is 4. The van der Waals surface area contributed by atoms with Crippen LogP contribution in [0.1, 0.15) is 40.5 Å². The van der Waals surface area contributed by atoms with E-state index >= 15 is 0 Å². The minimum Gasteiger partial charge on any atom is -0.497 e. The Bertz CT molecular complexity index is 854. The van der Waals surface area contributed by atoms with Crippen LogP contribution in [0.25, 0.3) is 0 Å². The number of carbonyl (C=O) groups is 2. The number of hydrogen-bond donors (Lipinski definition) is 1. The average Bonchev–Trinajstić information content (AvgIpc) is 3.00. The van der Waals surface area contributed by atoms with Crippen LogP contribution in [-0.2, 0) is 11.2 Å². The molecule has 26 heavy (non-hydrogen) atoms. The quantitative estimate of drug-likeness (QED) is 0.901. The molecule has 2 amide bonds. The number of benzene rings is 1. The summed E-state index contributed by atoms with van der Waals surface area (Å²) in [7, 11) is 1.55. The monoisotopic (exact) mass is 352 g/mol. The zero-order chi connectivity index (χ0) is 18.1. The number of carbonyl (C=O) groups excluding carboxylic acids is 2. The molecule has 0 saturated carbocycles. The molecule has 1 aromatic carbocycles. The van der Waals surface area contributed by atoms with Gasteiger partial charge in [0, 0.05) is 29.8 Å². The smallest absolute Gasteiger partial charge is 0.251 e. The maximum Gasteiger partial charge on any atom is 0.251 e. The second-order valence-electron chi connectivity index (χ2n) is 6.59. The lowest BCUT2D eigenvalue weighted by Gasteiger charge is -2.35. The third-order valence-corrected chi connectivity index (χ3v) is 5.14. The number of ether oxygens (including phenoxy) is 1. The lowest BCUT2D eigenvalue weighted by molar-refractivity contribution is -0.133. The molecule has 3 heterocycles. The van der Waals surface area contributed by atoms with Gasteiger partial charge in [0.1, 0.15) is 12.1 Å². The minimum absolute atomic E-state index is 0.0196. The Hall–Kier alpha value is -2.96. The summed E-state index contributed by atoms with van der Waals surface area (Å²) >= 11 is 0. The van der Waals surface area contributed by atoms with Crippen LogP contribution in [0.3, 0.4) is 0 Å². The summed E-state index contributed by atoms with van der Waals surface area (Å²) in [5, 5.41) is 2.72. The van der Waals surface area contributed by atoms with E-state index in [1.807, 2.05) is 11.1 Å². The lowest BCUT2D eigenvalue weighted by atomic mass is 9.99. The van der Waals surface area contributed by atoms with Gasteiger partial charge in [0.05, 0.1) is 25.4 Å². The molecule has 1 N–H and O–H groups in total. The molecule has 2 aliphatic rings. The Morgan fingerprint density at radius 2 is 2.23 bits per heavy atom. The SMILES string of the molecule is COc1cccc(C(=O)NCC(=O)N2C3CCC2c2cncnc2C3)c1. The molecular formula is C19H20N4O3. The van der Waals surface area contributed by atoms with Gasteiger partial charge in [-0.15, -0.1) is 0 Å². The Balaban J connectivity index is 1.43. The highest BCUT2D eigenvalue weighted by atomic mass is 16.5. The van der Waals surface area contributed by atoms with Gasteiger partial charge in [-0.3, -0.25) is 9.59 Å². The second-order valence-corrected chi connectivity index (χ2v) is 6.59. The number of nitrogens with one attached hydrogen (secondary N) is 1. The largest absolute Gasteiger partial charge is 0.497 e. The highest BCUT2D eigenvalue weighted by Crippen LogP contribution is 2.42. The molecule has 2 atom stereocenters. The highest BCUT2D eigenvalue weighted by molar-refractivity contribution is 5.96. The molecule has 0 spiro atoms. The van der Waals surface area contributed by atoms with Crippen molar-refractivity contribution in [2.75, 3.05) is 13.7 Å². The molecule has 134 valence electrons. The molecule has 1 saturated heterocycles. The molecule has 1 fully saturated rings. The first-order chi connectivity index (χ1) is 12.7. The van der Waals surface area contributed by atoms with E-state index in [2.05, 4.69) is 15.3 Å². The maximum absolute atomic E-state index is 12.8. The number of hydrogen-bond acceptors (Lipinski definition) is 5. The van der Waals surface area contributed by atoms with Crippen LogP contribution in [0, 0.1) is 0 Å². The fourth-order valence-corrected chi connectivity index (χ4v) is 3.92. The second kappa shape index (κ2) is 6.74. The van der Waals surface area contributed by atoms with E-state index in [1.165, 1.54) is 0 Å². The predicted molar refractivity (Wildman–Crippen MR) is 93.7 cm³/mol. The van der Waals surface area contributed by atoms with Crippen LogP contribution < -0.4 is 10.1 Å². The molecular weight excluding hydrogens is 332 g/mol. The van der Waals surface area contributed by atoms with Crippen molar-refractivity contribution in [1.29, 1.82) is 0 Å². The van der Waals surface area contributed by atoms with E-state index in [0.717, 1.165) is 30.5 Å². The van der Waals surface area contributed by atoms with Crippen molar-refractivity contribution in [3.63, 3.8) is 0 Å². The maximum atomic E-state index is 12.8. The van der Waals surface area contributed by atoms with Gasteiger partial charge in [0.2, 0.25) is 5.91 Å². The zero-order valence-corrected chi connectivity index (χ0v) is 14.5. The molecule has 2 bridgehead atoms. The minimum atomic E-state index is -0.287. The molecule has 2 aromatic rings. The van der Waals surface area contributed by atoms with Gasteiger partial charge in [-0.05, 0) is 31.0 Å². The van der Waals surface area contributed by atoms with Gasteiger partial charge in [0.25, 0.3) is 5.91 Å². The van der Waals surface area contributed by atoms with Crippen molar-refractivity contribution in [3.8, 4) is 5.75 Å². The third kappa shape index (κ3) is 2.89. The van der Waals surface area contributed by atoms with Gasteiger partial charge < -0.3 is 15.0 Å². The van der Waals surface area contributed by atoms with E-state index in [1.54, 1.807) is 37.7 Å². The van der Waals surface area contributed by atoms with Crippen molar-refractivity contribution in [2.24, 2.45) is 0 Å².